The Balaban J connectivity index is 1.65. The zero-order valence-corrected chi connectivity index (χ0v) is 18.5. The van der Waals surface area contributed by atoms with Crippen LogP contribution in [0.4, 0.5) is 0 Å². The molecule has 1 aromatic heterocycles. The topological polar surface area (TPSA) is 55.2 Å². The maximum Gasteiger partial charge on any atom is 0.262 e. The lowest BCUT2D eigenvalue weighted by atomic mass is 9.95. The predicted molar refractivity (Wildman–Crippen MR) is 119 cm³/mol. The first-order valence-corrected chi connectivity index (χ1v) is 12.0. The fraction of sp³-hybridized carbons (Fsp3) is 0.591. The van der Waals surface area contributed by atoms with Crippen LogP contribution >= 0.6 is 23.4 Å². The molecule has 1 amide bonds. The molecule has 2 heterocycles. The summed E-state index contributed by atoms with van der Waals surface area (Å²) in [5.74, 6) is 0.452. The molecule has 5 nitrogen and oxygen atoms in total. The summed E-state index contributed by atoms with van der Waals surface area (Å²) in [7, 11) is 0. The molecular formula is C22H28ClN3O2S. The van der Waals surface area contributed by atoms with Crippen molar-refractivity contribution in [2.24, 2.45) is 0 Å². The van der Waals surface area contributed by atoms with Gasteiger partial charge in [-0.25, -0.2) is 4.98 Å². The summed E-state index contributed by atoms with van der Waals surface area (Å²) in [5.41, 5.74) is 0.593. The number of hydrogen-bond donors (Lipinski definition) is 0. The second kappa shape index (κ2) is 9.09. The number of carbonyl (C=O) groups excluding carboxylic acids is 1. The third-order valence-electron chi connectivity index (χ3n) is 6.22. The molecule has 1 saturated heterocycles. The number of aromatic nitrogens is 2. The zero-order valence-electron chi connectivity index (χ0n) is 16.9. The van der Waals surface area contributed by atoms with E-state index in [-0.39, 0.29) is 17.5 Å². The molecule has 1 aliphatic carbocycles. The number of amides is 1. The highest BCUT2D eigenvalue weighted by Gasteiger charge is 2.26. The number of nitrogens with zero attached hydrogens (tertiary/aromatic N) is 3. The van der Waals surface area contributed by atoms with E-state index in [2.05, 4.69) is 6.92 Å². The Hall–Kier alpha value is -1.53. The van der Waals surface area contributed by atoms with Crippen molar-refractivity contribution in [1.82, 2.24) is 14.5 Å². The van der Waals surface area contributed by atoms with Crippen LogP contribution in [0.25, 0.3) is 10.9 Å². The van der Waals surface area contributed by atoms with Crippen LogP contribution in [0.15, 0.2) is 28.2 Å². The molecule has 4 rings (SSSR count). The van der Waals surface area contributed by atoms with Gasteiger partial charge in [0.25, 0.3) is 5.56 Å². The lowest BCUT2D eigenvalue weighted by Crippen LogP contribution is -2.43. The van der Waals surface area contributed by atoms with Gasteiger partial charge in [0.1, 0.15) is 0 Å². The first kappa shape index (κ1) is 20.7. The number of likely N-dealkylation sites (tertiary alicyclic amines) is 1. The van der Waals surface area contributed by atoms with Crippen LogP contribution in [0.3, 0.4) is 0 Å². The van der Waals surface area contributed by atoms with Gasteiger partial charge in [-0.3, -0.25) is 14.2 Å². The fourth-order valence-corrected chi connectivity index (χ4v) is 5.71. The summed E-state index contributed by atoms with van der Waals surface area (Å²) in [6, 6.07) is 5.70. The van der Waals surface area contributed by atoms with Crippen LogP contribution in [0.2, 0.25) is 5.02 Å². The van der Waals surface area contributed by atoms with Crippen molar-refractivity contribution in [2.75, 3.05) is 12.3 Å². The highest BCUT2D eigenvalue weighted by molar-refractivity contribution is 7.99. The fourth-order valence-electron chi connectivity index (χ4n) is 4.59. The monoisotopic (exact) mass is 433 g/mol. The van der Waals surface area contributed by atoms with Gasteiger partial charge in [0.2, 0.25) is 5.91 Å². The average Bonchev–Trinajstić information content (AvgIpc) is 2.73. The molecule has 2 aliphatic rings. The van der Waals surface area contributed by atoms with Crippen molar-refractivity contribution >= 4 is 40.2 Å². The van der Waals surface area contributed by atoms with Gasteiger partial charge in [-0.1, -0.05) is 42.6 Å². The number of carbonyl (C=O) groups is 1. The summed E-state index contributed by atoms with van der Waals surface area (Å²) in [4.78, 5) is 32.9. The molecule has 1 atom stereocenters. The van der Waals surface area contributed by atoms with Crippen molar-refractivity contribution in [3.63, 3.8) is 0 Å². The van der Waals surface area contributed by atoms with Crippen LogP contribution in [0.1, 0.15) is 64.3 Å². The van der Waals surface area contributed by atoms with E-state index in [0.717, 1.165) is 45.1 Å². The number of hydrogen-bond acceptors (Lipinski definition) is 4. The van der Waals surface area contributed by atoms with E-state index in [1.807, 2.05) is 9.47 Å². The van der Waals surface area contributed by atoms with Crippen LogP contribution < -0.4 is 5.56 Å². The summed E-state index contributed by atoms with van der Waals surface area (Å²) in [5, 5.41) is 1.81. The second-order valence-electron chi connectivity index (χ2n) is 8.24. The highest BCUT2D eigenvalue weighted by atomic mass is 35.5. The van der Waals surface area contributed by atoms with Gasteiger partial charge in [-0.2, -0.15) is 0 Å². The molecule has 0 radical (unpaired) electrons. The molecular weight excluding hydrogens is 406 g/mol. The van der Waals surface area contributed by atoms with Gasteiger partial charge in [0, 0.05) is 23.7 Å². The Morgan fingerprint density at radius 1 is 1.17 bits per heavy atom. The lowest BCUT2D eigenvalue weighted by Gasteiger charge is -2.33. The van der Waals surface area contributed by atoms with E-state index in [9.17, 15) is 9.59 Å². The predicted octanol–water partition coefficient (Wildman–Crippen LogP) is 5.05. The Morgan fingerprint density at radius 3 is 2.69 bits per heavy atom. The van der Waals surface area contributed by atoms with Crippen LogP contribution in [-0.4, -0.2) is 38.7 Å². The minimum absolute atomic E-state index is 0.0140. The number of benzene rings is 1. The summed E-state index contributed by atoms with van der Waals surface area (Å²) >= 11 is 7.54. The number of halogens is 1. The molecule has 7 heteroatoms. The molecule has 1 aromatic carbocycles. The molecule has 0 bridgehead atoms. The van der Waals surface area contributed by atoms with Crippen LogP contribution in [0.5, 0.6) is 0 Å². The normalized spacial score (nSPS) is 20.9. The van der Waals surface area contributed by atoms with E-state index in [1.165, 1.54) is 24.6 Å². The summed E-state index contributed by atoms with van der Waals surface area (Å²) in [6.07, 6.45) is 8.78. The van der Waals surface area contributed by atoms with Crippen molar-refractivity contribution in [1.29, 1.82) is 0 Å². The van der Waals surface area contributed by atoms with Crippen molar-refractivity contribution in [3.8, 4) is 0 Å². The van der Waals surface area contributed by atoms with Crippen molar-refractivity contribution in [2.45, 2.75) is 75.5 Å². The maximum atomic E-state index is 13.3. The van der Waals surface area contributed by atoms with Crippen LogP contribution in [0, 0.1) is 0 Å². The standard InChI is InChI=1S/C22H28ClN3O2S/c1-15-7-5-6-12-25(15)20(27)14-29-22-24-19-13-16(23)10-11-18(19)21(28)26(22)17-8-3-2-4-9-17/h10-11,13,15,17H,2-9,12,14H2,1H3. The van der Waals surface area contributed by atoms with Gasteiger partial charge in [0.05, 0.1) is 16.7 Å². The Bertz CT molecular complexity index is 955. The van der Waals surface area contributed by atoms with Crippen molar-refractivity contribution < 1.29 is 4.79 Å². The molecule has 2 aromatic rings. The zero-order chi connectivity index (χ0) is 20.4. The van der Waals surface area contributed by atoms with E-state index < -0.39 is 0 Å². The Kier molecular flexibility index (Phi) is 6.50. The third-order valence-corrected chi connectivity index (χ3v) is 7.39. The Labute approximate surface area is 180 Å². The maximum absolute atomic E-state index is 13.3. The number of thioether (sulfide) groups is 1. The second-order valence-corrected chi connectivity index (χ2v) is 9.62. The van der Waals surface area contributed by atoms with E-state index >= 15 is 0 Å². The quantitative estimate of drug-likeness (QED) is 0.500. The van der Waals surface area contributed by atoms with Gasteiger partial charge in [-0.15, -0.1) is 0 Å². The first-order chi connectivity index (χ1) is 14.0. The number of rotatable bonds is 4. The van der Waals surface area contributed by atoms with E-state index in [1.54, 1.807) is 18.2 Å². The molecule has 1 saturated carbocycles. The molecule has 0 N–H and O–H groups in total. The smallest absolute Gasteiger partial charge is 0.262 e. The molecule has 156 valence electrons. The molecule has 1 unspecified atom stereocenters. The summed E-state index contributed by atoms with van der Waals surface area (Å²) < 4.78 is 1.85. The lowest BCUT2D eigenvalue weighted by molar-refractivity contribution is -0.131. The van der Waals surface area contributed by atoms with Gasteiger partial charge >= 0.3 is 0 Å². The number of piperidine rings is 1. The third kappa shape index (κ3) is 4.48. The van der Waals surface area contributed by atoms with Crippen LogP contribution in [-0.2, 0) is 4.79 Å². The molecule has 29 heavy (non-hydrogen) atoms. The highest BCUT2D eigenvalue weighted by Crippen LogP contribution is 2.31. The summed E-state index contributed by atoms with van der Waals surface area (Å²) in [6.45, 7) is 2.95. The first-order valence-electron chi connectivity index (χ1n) is 10.7. The van der Waals surface area contributed by atoms with Gasteiger partial charge < -0.3 is 4.90 Å². The number of fused-ring (bicyclic) bond motifs is 1. The SMILES string of the molecule is CC1CCCCN1C(=O)CSc1nc2cc(Cl)ccc2c(=O)n1C1CCCCC1. The average molecular weight is 434 g/mol. The largest absolute Gasteiger partial charge is 0.339 e. The minimum atomic E-state index is -0.0140. The van der Waals surface area contributed by atoms with E-state index in [0.29, 0.717) is 32.9 Å². The van der Waals surface area contributed by atoms with E-state index in [4.69, 9.17) is 16.6 Å². The molecule has 0 spiro atoms. The van der Waals surface area contributed by atoms with Crippen molar-refractivity contribution in [3.05, 3.63) is 33.6 Å². The van der Waals surface area contributed by atoms with Gasteiger partial charge in [0.15, 0.2) is 5.16 Å². The molecule has 1 aliphatic heterocycles. The van der Waals surface area contributed by atoms with Gasteiger partial charge in [-0.05, 0) is 57.2 Å². The molecule has 2 fully saturated rings. The minimum Gasteiger partial charge on any atom is -0.339 e. The Morgan fingerprint density at radius 2 is 1.93 bits per heavy atom.